The molecule has 0 aromatic rings. The molecule has 0 saturated carbocycles. The molecule has 0 aliphatic rings. The van der Waals surface area contributed by atoms with Gasteiger partial charge in [0.2, 0.25) is 0 Å². The quantitative estimate of drug-likeness (QED) is 0.619. The zero-order valence-electron chi connectivity index (χ0n) is 7.49. The summed E-state index contributed by atoms with van der Waals surface area (Å²) < 4.78 is 0. The maximum absolute atomic E-state index is 10.6. The topological polar surface area (TPSA) is 37.3 Å². The van der Waals surface area contributed by atoms with E-state index in [0.29, 0.717) is 6.42 Å². The second-order valence-electron chi connectivity index (χ2n) is 2.69. The van der Waals surface area contributed by atoms with E-state index < -0.39 is 11.9 Å². The highest BCUT2D eigenvalue weighted by atomic mass is 16.4. The summed E-state index contributed by atoms with van der Waals surface area (Å²) in [7, 11) is 0. The highest BCUT2D eigenvalue weighted by Crippen LogP contribution is 2.06. The number of aliphatic carboxylic acids is 1. The number of hydrogen-bond donors (Lipinski definition) is 1. The van der Waals surface area contributed by atoms with Gasteiger partial charge in [0, 0.05) is 0 Å². The first-order valence-corrected chi connectivity index (χ1v) is 4.22. The van der Waals surface area contributed by atoms with E-state index in [-0.39, 0.29) is 0 Å². The Balaban J connectivity index is 3.93. The molecule has 0 aromatic heterocycles. The van der Waals surface area contributed by atoms with Crippen molar-refractivity contribution in [2.45, 2.75) is 26.2 Å². The largest absolute Gasteiger partial charge is 0.481 e. The van der Waals surface area contributed by atoms with Crippen LogP contribution in [-0.2, 0) is 4.79 Å². The minimum absolute atomic E-state index is 0.394. The molecular formula is C10H16O2. The molecule has 0 spiro atoms. The molecule has 0 saturated heterocycles. The van der Waals surface area contributed by atoms with Crippen LogP contribution in [0.1, 0.15) is 26.2 Å². The van der Waals surface area contributed by atoms with E-state index in [1.54, 1.807) is 12.2 Å². The molecule has 0 rings (SSSR count). The summed E-state index contributed by atoms with van der Waals surface area (Å²) in [6.07, 6.45) is 7.80. The molecule has 12 heavy (non-hydrogen) atoms. The van der Waals surface area contributed by atoms with Crippen LogP contribution in [0.3, 0.4) is 0 Å². The monoisotopic (exact) mass is 168 g/mol. The van der Waals surface area contributed by atoms with Crippen LogP contribution < -0.4 is 0 Å². The van der Waals surface area contributed by atoms with Gasteiger partial charge in [-0.15, -0.1) is 6.58 Å². The van der Waals surface area contributed by atoms with Crippen molar-refractivity contribution in [1.29, 1.82) is 0 Å². The number of rotatable bonds is 6. The van der Waals surface area contributed by atoms with Crippen molar-refractivity contribution in [3.8, 4) is 0 Å². The average Bonchev–Trinajstić information content (AvgIpc) is 2.03. The van der Waals surface area contributed by atoms with E-state index in [0.717, 1.165) is 12.8 Å². The molecule has 0 aliphatic heterocycles. The van der Waals surface area contributed by atoms with Crippen molar-refractivity contribution in [3.63, 3.8) is 0 Å². The number of unbranched alkanes of at least 4 members (excludes halogenated alkanes) is 1. The Kier molecular flexibility index (Phi) is 6.07. The third-order valence-electron chi connectivity index (χ3n) is 1.56. The fraction of sp³-hybridized carbons (Fsp3) is 0.500. The Bertz CT molecular complexity index is 171. The molecule has 0 radical (unpaired) electrons. The molecule has 0 fully saturated rings. The molecule has 1 atom stereocenters. The summed E-state index contributed by atoms with van der Waals surface area (Å²) in [5.74, 6) is -1.17. The first-order valence-electron chi connectivity index (χ1n) is 4.22. The number of carboxylic acid groups (broad SMARTS) is 1. The molecule has 2 heteroatoms. The molecule has 2 nitrogen and oxygen atoms in total. The lowest BCUT2D eigenvalue weighted by Crippen LogP contribution is -2.09. The van der Waals surface area contributed by atoms with E-state index in [1.807, 2.05) is 6.08 Å². The third kappa shape index (κ3) is 4.72. The first kappa shape index (κ1) is 11.0. The SMILES string of the molecule is C=CCC(C=CCCC)C(=O)O. The molecule has 0 aliphatic carbocycles. The van der Waals surface area contributed by atoms with Crippen LogP contribution in [0.25, 0.3) is 0 Å². The van der Waals surface area contributed by atoms with E-state index in [2.05, 4.69) is 13.5 Å². The second-order valence-corrected chi connectivity index (χ2v) is 2.69. The predicted octanol–water partition coefficient (Wildman–Crippen LogP) is 2.62. The Morgan fingerprint density at radius 3 is 2.75 bits per heavy atom. The van der Waals surface area contributed by atoms with Gasteiger partial charge < -0.3 is 5.11 Å². The van der Waals surface area contributed by atoms with Crippen molar-refractivity contribution in [3.05, 3.63) is 24.8 Å². The predicted molar refractivity (Wildman–Crippen MR) is 50.0 cm³/mol. The Labute approximate surface area is 73.6 Å². The van der Waals surface area contributed by atoms with Crippen LogP contribution >= 0.6 is 0 Å². The van der Waals surface area contributed by atoms with E-state index in [1.165, 1.54) is 0 Å². The Morgan fingerprint density at radius 1 is 1.67 bits per heavy atom. The van der Waals surface area contributed by atoms with Crippen molar-refractivity contribution in [2.24, 2.45) is 5.92 Å². The lowest BCUT2D eigenvalue weighted by molar-refractivity contribution is -0.139. The van der Waals surface area contributed by atoms with Crippen LogP contribution in [0.15, 0.2) is 24.8 Å². The van der Waals surface area contributed by atoms with Gasteiger partial charge in [0.25, 0.3) is 0 Å². The summed E-state index contributed by atoms with van der Waals surface area (Å²) in [4.78, 5) is 10.6. The fourth-order valence-electron chi connectivity index (χ4n) is 0.868. The van der Waals surface area contributed by atoms with E-state index in [9.17, 15) is 4.79 Å². The smallest absolute Gasteiger partial charge is 0.310 e. The molecule has 0 amide bonds. The van der Waals surface area contributed by atoms with E-state index >= 15 is 0 Å². The molecule has 0 bridgehead atoms. The van der Waals surface area contributed by atoms with Gasteiger partial charge in [-0.3, -0.25) is 4.79 Å². The van der Waals surface area contributed by atoms with Gasteiger partial charge in [-0.05, 0) is 12.8 Å². The Morgan fingerprint density at radius 2 is 2.33 bits per heavy atom. The van der Waals surface area contributed by atoms with Gasteiger partial charge in [-0.2, -0.15) is 0 Å². The van der Waals surface area contributed by atoms with Gasteiger partial charge >= 0.3 is 5.97 Å². The Hall–Kier alpha value is -1.05. The zero-order valence-corrected chi connectivity index (χ0v) is 7.49. The minimum Gasteiger partial charge on any atom is -0.481 e. The van der Waals surface area contributed by atoms with Crippen molar-refractivity contribution < 1.29 is 9.90 Å². The summed E-state index contributed by atoms with van der Waals surface area (Å²) >= 11 is 0. The third-order valence-corrected chi connectivity index (χ3v) is 1.56. The van der Waals surface area contributed by atoms with Crippen LogP contribution in [0.2, 0.25) is 0 Å². The highest BCUT2D eigenvalue weighted by Gasteiger charge is 2.10. The molecular weight excluding hydrogens is 152 g/mol. The average molecular weight is 168 g/mol. The standard InChI is InChI=1S/C10H16O2/c1-3-5-6-8-9(7-4-2)10(11)12/h4,6,8-9H,2-3,5,7H2,1H3,(H,11,12). The number of hydrogen-bond acceptors (Lipinski definition) is 1. The van der Waals surface area contributed by atoms with Gasteiger partial charge in [0.05, 0.1) is 5.92 Å². The molecule has 68 valence electrons. The second kappa shape index (κ2) is 6.65. The van der Waals surface area contributed by atoms with Crippen LogP contribution in [-0.4, -0.2) is 11.1 Å². The summed E-state index contributed by atoms with van der Waals surface area (Å²) in [5, 5.41) is 8.70. The summed E-state index contributed by atoms with van der Waals surface area (Å²) in [5.41, 5.74) is 0. The number of allylic oxidation sites excluding steroid dienone is 2. The van der Waals surface area contributed by atoms with Gasteiger partial charge in [-0.1, -0.05) is 31.6 Å². The van der Waals surface area contributed by atoms with E-state index in [4.69, 9.17) is 5.11 Å². The van der Waals surface area contributed by atoms with Crippen LogP contribution in [0.5, 0.6) is 0 Å². The van der Waals surface area contributed by atoms with Crippen LogP contribution in [0, 0.1) is 5.92 Å². The van der Waals surface area contributed by atoms with Crippen molar-refractivity contribution in [1.82, 2.24) is 0 Å². The molecule has 1 N–H and O–H groups in total. The highest BCUT2D eigenvalue weighted by molar-refractivity contribution is 5.72. The molecule has 0 aromatic carbocycles. The summed E-state index contributed by atoms with van der Waals surface area (Å²) in [6.45, 7) is 5.58. The van der Waals surface area contributed by atoms with Gasteiger partial charge in [-0.25, -0.2) is 0 Å². The zero-order chi connectivity index (χ0) is 9.40. The molecule has 1 unspecified atom stereocenters. The normalized spacial score (nSPS) is 13.1. The van der Waals surface area contributed by atoms with Crippen LogP contribution in [0.4, 0.5) is 0 Å². The first-order chi connectivity index (χ1) is 5.72. The van der Waals surface area contributed by atoms with Gasteiger partial charge in [0.15, 0.2) is 0 Å². The number of carbonyl (C=O) groups is 1. The van der Waals surface area contributed by atoms with Crippen molar-refractivity contribution in [2.75, 3.05) is 0 Å². The minimum atomic E-state index is -0.776. The van der Waals surface area contributed by atoms with Gasteiger partial charge in [0.1, 0.15) is 0 Å². The maximum atomic E-state index is 10.6. The lowest BCUT2D eigenvalue weighted by Gasteiger charge is -2.02. The number of carboxylic acids is 1. The lowest BCUT2D eigenvalue weighted by atomic mass is 10.1. The maximum Gasteiger partial charge on any atom is 0.310 e. The van der Waals surface area contributed by atoms with Crippen molar-refractivity contribution >= 4 is 5.97 Å². The summed E-state index contributed by atoms with van der Waals surface area (Å²) in [6, 6.07) is 0. The fourth-order valence-corrected chi connectivity index (χ4v) is 0.868. The molecule has 0 heterocycles.